The standard InChI is InChI=1S/C21H32N4O2.C2H6/c1-14-11-18(21(27)23-13-15(2)20(26)22-4)16(3)19(12-14)25(6)17-7-9-24(5)10-8-17;1-2/h11-12,17H,2,7-10,13H2,1,3-6H3,(H,22,26)(H,23,27);1-2H3. The third-order valence-corrected chi connectivity index (χ3v) is 5.40. The van der Waals surface area contributed by atoms with Crippen molar-refractivity contribution in [3.63, 3.8) is 0 Å². The minimum absolute atomic E-state index is 0.131. The molecule has 0 aromatic heterocycles. The van der Waals surface area contributed by atoms with E-state index in [-0.39, 0.29) is 18.4 Å². The Morgan fingerprint density at radius 1 is 1.21 bits per heavy atom. The topological polar surface area (TPSA) is 64.7 Å². The van der Waals surface area contributed by atoms with Gasteiger partial charge in [0.2, 0.25) is 5.91 Å². The first-order valence-corrected chi connectivity index (χ1v) is 10.4. The van der Waals surface area contributed by atoms with Crippen molar-refractivity contribution in [2.45, 2.75) is 46.6 Å². The molecule has 1 heterocycles. The van der Waals surface area contributed by atoms with Gasteiger partial charge in [0.25, 0.3) is 5.91 Å². The van der Waals surface area contributed by atoms with Crippen molar-refractivity contribution >= 4 is 17.5 Å². The second kappa shape index (κ2) is 11.6. The van der Waals surface area contributed by atoms with E-state index in [4.69, 9.17) is 0 Å². The molecular weight excluding hydrogens is 364 g/mol. The van der Waals surface area contributed by atoms with Crippen LogP contribution in [0.4, 0.5) is 5.69 Å². The molecule has 0 spiro atoms. The van der Waals surface area contributed by atoms with Crippen LogP contribution in [-0.4, -0.2) is 63.5 Å². The van der Waals surface area contributed by atoms with Gasteiger partial charge in [-0.05, 0) is 70.1 Å². The molecule has 1 aromatic carbocycles. The number of piperidine rings is 1. The lowest BCUT2D eigenvalue weighted by Crippen LogP contribution is -2.42. The quantitative estimate of drug-likeness (QED) is 0.718. The number of amides is 2. The molecule has 1 aliphatic rings. The van der Waals surface area contributed by atoms with Crippen molar-refractivity contribution < 1.29 is 9.59 Å². The summed E-state index contributed by atoms with van der Waals surface area (Å²) in [5, 5.41) is 5.32. The van der Waals surface area contributed by atoms with Gasteiger partial charge in [-0.15, -0.1) is 0 Å². The number of nitrogens with zero attached hydrogens (tertiary/aromatic N) is 2. The molecule has 0 bridgehead atoms. The fourth-order valence-corrected chi connectivity index (χ4v) is 3.56. The highest BCUT2D eigenvalue weighted by Crippen LogP contribution is 2.28. The summed E-state index contributed by atoms with van der Waals surface area (Å²) in [5.41, 5.74) is 4.09. The number of hydrogen-bond donors (Lipinski definition) is 2. The van der Waals surface area contributed by atoms with Gasteiger partial charge in [-0.1, -0.05) is 20.4 Å². The van der Waals surface area contributed by atoms with E-state index in [1.807, 2.05) is 33.8 Å². The van der Waals surface area contributed by atoms with Gasteiger partial charge >= 0.3 is 0 Å². The number of rotatable bonds is 6. The predicted octanol–water partition coefficient (Wildman–Crippen LogP) is 2.89. The van der Waals surface area contributed by atoms with E-state index in [2.05, 4.69) is 47.2 Å². The molecule has 1 aromatic rings. The number of carbonyl (C=O) groups is 2. The van der Waals surface area contributed by atoms with E-state index < -0.39 is 0 Å². The molecule has 0 aliphatic carbocycles. The zero-order chi connectivity index (χ0) is 22.1. The Balaban J connectivity index is 0.00000204. The molecule has 29 heavy (non-hydrogen) atoms. The smallest absolute Gasteiger partial charge is 0.251 e. The van der Waals surface area contributed by atoms with Gasteiger partial charge in [-0.2, -0.15) is 0 Å². The molecule has 2 rings (SSSR count). The molecule has 162 valence electrons. The van der Waals surface area contributed by atoms with E-state index in [0.717, 1.165) is 42.7 Å². The third-order valence-electron chi connectivity index (χ3n) is 5.40. The van der Waals surface area contributed by atoms with E-state index >= 15 is 0 Å². The molecular formula is C23H38N4O2. The number of benzene rings is 1. The summed E-state index contributed by atoms with van der Waals surface area (Å²) in [5.74, 6) is -0.446. The number of aryl methyl sites for hydroxylation is 1. The van der Waals surface area contributed by atoms with Crippen LogP contribution >= 0.6 is 0 Å². The normalized spacial score (nSPS) is 14.4. The van der Waals surface area contributed by atoms with Crippen LogP contribution in [0, 0.1) is 13.8 Å². The van der Waals surface area contributed by atoms with Gasteiger partial charge in [-0.3, -0.25) is 9.59 Å². The highest BCUT2D eigenvalue weighted by molar-refractivity contribution is 5.99. The Kier molecular flexibility index (Phi) is 9.89. The Morgan fingerprint density at radius 2 is 1.79 bits per heavy atom. The maximum absolute atomic E-state index is 12.7. The number of hydrogen-bond acceptors (Lipinski definition) is 4. The van der Waals surface area contributed by atoms with Crippen LogP contribution in [0.2, 0.25) is 0 Å². The average Bonchev–Trinajstić information content (AvgIpc) is 2.73. The first-order chi connectivity index (χ1) is 13.7. The maximum Gasteiger partial charge on any atom is 0.251 e. The van der Waals surface area contributed by atoms with Crippen LogP contribution in [0.15, 0.2) is 24.3 Å². The molecule has 6 heteroatoms. The number of likely N-dealkylation sites (tertiary alicyclic amines) is 1. The fraction of sp³-hybridized carbons (Fsp3) is 0.565. The van der Waals surface area contributed by atoms with Gasteiger partial charge in [0, 0.05) is 43.5 Å². The Bertz CT molecular complexity index is 722. The Morgan fingerprint density at radius 3 is 2.34 bits per heavy atom. The molecule has 2 N–H and O–H groups in total. The van der Waals surface area contributed by atoms with Crippen molar-refractivity contribution in [1.29, 1.82) is 0 Å². The van der Waals surface area contributed by atoms with Gasteiger partial charge in [0.1, 0.15) is 0 Å². The van der Waals surface area contributed by atoms with Gasteiger partial charge < -0.3 is 20.4 Å². The second-order valence-electron chi connectivity index (χ2n) is 7.47. The van der Waals surface area contributed by atoms with Crippen molar-refractivity contribution in [3.8, 4) is 0 Å². The lowest BCUT2D eigenvalue weighted by molar-refractivity contribution is -0.117. The van der Waals surface area contributed by atoms with Crippen molar-refractivity contribution in [3.05, 3.63) is 41.0 Å². The Hall–Kier alpha value is -2.34. The SMILES string of the molecule is C=C(CNC(=O)c1cc(C)cc(N(C)C2CCN(C)CC2)c1C)C(=O)NC.CC. The van der Waals surface area contributed by atoms with Crippen molar-refractivity contribution in [2.75, 3.05) is 45.7 Å². The summed E-state index contributed by atoms with van der Waals surface area (Å²) in [6, 6.07) is 4.53. The lowest BCUT2D eigenvalue weighted by Gasteiger charge is -2.37. The molecule has 1 aliphatic heterocycles. The first-order valence-electron chi connectivity index (χ1n) is 10.4. The fourth-order valence-electron chi connectivity index (χ4n) is 3.56. The highest BCUT2D eigenvalue weighted by atomic mass is 16.2. The van der Waals surface area contributed by atoms with Gasteiger partial charge in [-0.25, -0.2) is 0 Å². The molecule has 0 radical (unpaired) electrons. The maximum atomic E-state index is 12.7. The minimum atomic E-state index is -0.265. The van der Waals surface area contributed by atoms with Crippen LogP contribution < -0.4 is 15.5 Å². The van der Waals surface area contributed by atoms with Crippen molar-refractivity contribution in [2.24, 2.45) is 0 Å². The summed E-state index contributed by atoms with van der Waals surface area (Å²) in [6.07, 6.45) is 2.24. The molecule has 6 nitrogen and oxygen atoms in total. The monoisotopic (exact) mass is 402 g/mol. The zero-order valence-corrected chi connectivity index (χ0v) is 19.2. The summed E-state index contributed by atoms with van der Waals surface area (Å²) in [7, 11) is 5.82. The summed E-state index contributed by atoms with van der Waals surface area (Å²) in [6.45, 7) is 14.0. The predicted molar refractivity (Wildman–Crippen MR) is 122 cm³/mol. The number of nitrogens with one attached hydrogen (secondary N) is 2. The number of likely N-dealkylation sites (N-methyl/N-ethyl adjacent to an activating group) is 1. The lowest BCUT2D eigenvalue weighted by atomic mass is 9.98. The average molecular weight is 403 g/mol. The van der Waals surface area contributed by atoms with Crippen LogP contribution in [0.3, 0.4) is 0 Å². The largest absolute Gasteiger partial charge is 0.371 e. The van der Waals surface area contributed by atoms with Gasteiger partial charge in [0.05, 0.1) is 0 Å². The molecule has 0 atom stereocenters. The summed E-state index contributed by atoms with van der Waals surface area (Å²) >= 11 is 0. The van der Waals surface area contributed by atoms with E-state index in [9.17, 15) is 9.59 Å². The Labute approximate surface area is 176 Å². The van der Waals surface area contributed by atoms with E-state index in [1.165, 1.54) is 0 Å². The van der Waals surface area contributed by atoms with Crippen LogP contribution in [-0.2, 0) is 4.79 Å². The van der Waals surface area contributed by atoms with Crippen LogP contribution in [0.5, 0.6) is 0 Å². The second-order valence-corrected chi connectivity index (χ2v) is 7.47. The molecule has 2 amide bonds. The highest BCUT2D eigenvalue weighted by Gasteiger charge is 2.23. The zero-order valence-electron chi connectivity index (χ0n) is 19.2. The third kappa shape index (κ3) is 6.60. The van der Waals surface area contributed by atoms with E-state index in [0.29, 0.717) is 17.2 Å². The van der Waals surface area contributed by atoms with Crippen molar-refractivity contribution in [1.82, 2.24) is 15.5 Å². The van der Waals surface area contributed by atoms with Crippen LogP contribution in [0.25, 0.3) is 0 Å². The van der Waals surface area contributed by atoms with E-state index in [1.54, 1.807) is 7.05 Å². The van der Waals surface area contributed by atoms with Gasteiger partial charge in [0.15, 0.2) is 0 Å². The number of anilines is 1. The molecule has 1 fully saturated rings. The first kappa shape index (κ1) is 24.7. The summed E-state index contributed by atoms with van der Waals surface area (Å²) < 4.78 is 0. The molecule has 1 saturated heterocycles. The van der Waals surface area contributed by atoms with Crippen LogP contribution in [0.1, 0.15) is 48.2 Å². The minimum Gasteiger partial charge on any atom is -0.371 e. The molecule has 0 unspecified atom stereocenters. The number of carbonyl (C=O) groups excluding carboxylic acids is 2. The molecule has 0 saturated carbocycles. The summed E-state index contributed by atoms with van der Waals surface area (Å²) in [4.78, 5) is 28.9.